The third-order valence-corrected chi connectivity index (χ3v) is 4.37. The van der Waals surface area contributed by atoms with Crippen LogP contribution in [-0.4, -0.2) is 21.8 Å². The maximum absolute atomic E-state index is 12.1. The zero-order chi connectivity index (χ0) is 15.5. The van der Waals surface area contributed by atoms with E-state index in [1.165, 1.54) is 17.7 Å². The Morgan fingerprint density at radius 1 is 1.10 bits per heavy atom. The van der Waals surface area contributed by atoms with Crippen LogP contribution in [0.2, 0.25) is 5.02 Å². The number of hydrogen-bond acceptors (Lipinski definition) is 3. The number of benzene rings is 2. The van der Waals surface area contributed by atoms with Crippen LogP contribution in [0.15, 0.2) is 48.5 Å². The van der Waals surface area contributed by atoms with Crippen molar-refractivity contribution in [3.8, 4) is 5.75 Å². The number of halogens is 1. The number of ether oxygens (including phenoxy) is 1. The molecule has 0 saturated heterocycles. The van der Waals surface area contributed by atoms with Gasteiger partial charge in [0.2, 0.25) is 10.0 Å². The van der Waals surface area contributed by atoms with Gasteiger partial charge in [0.15, 0.2) is 0 Å². The number of para-hydroxylation sites is 2. The third-order valence-electron chi connectivity index (χ3n) is 2.99. The van der Waals surface area contributed by atoms with Gasteiger partial charge in [0.25, 0.3) is 0 Å². The molecule has 0 N–H and O–H groups in total. The Balaban J connectivity index is 2.42. The minimum absolute atomic E-state index is 0.219. The average Bonchev–Trinajstić information content (AvgIpc) is 2.45. The van der Waals surface area contributed by atoms with Crippen molar-refractivity contribution in [1.82, 2.24) is 0 Å². The van der Waals surface area contributed by atoms with E-state index in [9.17, 15) is 8.42 Å². The van der Waals surface area contributed by atoms with Gasteiger partial charge in [-0.05, 0) is 29.8 Å². The lowest BCUT2D eigenvalue weighted by atomic mass is 10.2. The number of nitrogens with zero attached hydrogens (tertiary/aromatic N) is 1. The molecule has 0 amide bonds. The van der Waals surface area contributed by atoms with Crippen LogP contribution in [0, 0.1) is 0 Å². The molecule has 0 saturated carbocycles. The smallest absolute Gasteiger partial charge is 0.232 e. The molecule has 21 heavy (non-hydrogen) atoms. The van der Waals surface area contributed by atoms with Gasteiger partial charge in [-0.2, -0.15) is 0 Å². The van der Waals surface area contributed by atoms with Crippen molar-refractivity contribution in [3.05, 3.63) is 59.1 Å². The second-order valence-electron chi connectivity index (χ2n) is 4.57. The molecule has 2 aromatic rings. The zero-order valence-corrected chi connectivity index (χ0v) is 13.4. The first kappa shape index (κ1) is 15.7. The van der Waals surface area contributed by atoms with E-state index in [4.69, 9.17) is 16.3 Å². The van der Waals surface area contributed by atoms with Gasteiger partial charge in [0.1, 0.15) is 5.75 Å². The van der Waals surface area contributed by atoms with E-state index >= 15 is 0 Å². The highest BCUT2D eigenvalue weighted by atomic mass is 35.5. The molecule has 2 aromatic carbocycles. The van der Waals surface area contributed by atoms with Gasteiger partial charge in [0.05, 0.1) is 25.6 Å². The molecule has 0 spiro atoms. The minimum atomic E-state index is -3.44. The number of rotatable bonds is 5. The van der Waals surface area contributed by atoms with Crippen LogP contribution in [0.1, 0.15) is 5.56 Å². The number of anilines is 1. The Kier molecular flexibility index (Phi) is 4.75. The van der Waals surface area contributed by atoms with Crippen LogP contribution in [0.25, 0.3) is 0 Å². The molecule has 0 unspecified atom stereocenters. The second kappa shape index (κ2) is 6.37. The number of hydrogen-bond donors (Lipinski definition) is 0. The van der Waals surface area contributed by atoms with E-state index in [-0.39, 0.29) is 6.54 Å². The molecule has 0 bridgehead atoms. The summed E-state index contributed by atoms with van der Waals surface area (Å²) < 4.78 is 30.8. The van der Waals surface area contributed by atoms with E-state index in [0.717, 1.165) is 5.56 Å². The van der Waals surface area contributed by atoms with Gasteiger partial charge < -0.3 is 4.74 Å². The van der Waals surface area contributed by atoms with Crippen LogP contribution >= 0.6 is 11.6 Å². The van der Waals surface area contributed by atoms with Crippen LogP contribution in [0.5, 0.6) is 5.75 Å². The fourth-order valence-electron chi connectivity index (χ4n) is 1.97. The molecule has 4 nitrogen and oxygen atoms in total. The minimum Gasteiger partial charge on any atom is -0.495 e. The molecule has 0 aliphatic heterocycles. The standard InChI is InChI=1S/C15H16ClNO3S/c1-20-15-6-4-3-5-14(15)17(21(2,18)19)11-12-7-9-13(16)10-8-12/h3-10H,11H2,1-2H3. The molecular formula is C15H16ClNO3S. The van der Waals surface area contributed by atoms with E-state index in [0.29, 0.717) is 16.5 Å². The fraction of sp³-hybridized carbons (Fsp3) is 0.200. The van der Waals surface area contributed by atoms with Gasteiger partial charge in [-0.1, -0.05) is 35.9 Å². The van der Waals surface area contributed by atoms with E-state index in [1.807, 2.05) is 0 Å². The highest BCUT2D eigenvalue weighted by molar-refractivity contribution is 7.92. The van der Waals surface area contributed by atoms with Crippen LogP contribution in [0.3, 0.4) is 0 Å². The SMILES string of the molecule is COc1ccccc1N(Cc1ccc(Cl)cc1)S(C)(=O)=O. The summed E-state index contributed by atoms with van der Waals surface area (Å²) in [6.07, 6.45) is 1.18. The molecule has 0 heterocycles. The molecule has 0 fully saturated rings. The highest BCUT2D eigenvalue weighted by Crippen LogP contribution is 2.30. The summed E-state index contributed by atoms with van der Waals surface area (Å²) in [5.41, 5.74) is 1.35. The van der Waals surface area contributed by atoms with Gasteiger partial charge >= 0.3 is 0 Å². The number of methoxy groups -OCH3 is 1. The van der Waals surface area contributed by atoms with Crippen molar-refractivity contribution in [2.75, 3.05) is 17.7 Å². The predicted octanol–water partition coefficient (Wildman–Crippen LogP) is 3.31. The second-order valence-corrected chi connectivity index (χ2v) is 6.91. The summed E-state index contributed by atoms with van der Waals surface area (Å²) in [5.74, 6) is 0.511. The van der Waals surface area contributed by atoms with Crippen molar-refractivity contribution in [1.29, 1.82) is 0 Å². The summed E-state index contributed by atoms with van der Waals surface area (Å²) in [6.45, 7) is 0.219. The Hall–Kier alpha value is -1.72. The van der Waals surface area contributed by atoms with Crippen molar-refractivity contribution in [3.63, 3.8) is 0 Å². The Morgan fingerprint density at radius 3 is 2.29 bits per heavy atom. The third kappa shape index (κ3) is 3.89. The van der Waals surface area contributed by atoms with Crippen molar-refractivity contribution in [2.24, 2.45) is 0 Å². The lowest BCUT2D eigenvalue weighted by molar-refractivity contribution is 0.415. The molecular weight excluding hydrogens is 310 g/mol. The van der Waals surface area contributed by atoms with Gasteiger partial charge in [0, 0.05) is 5.02 Å². The molecule has 2 rings (SSSR count). The molecule has 0 radical (unpaired) electrons. The molecule has 0 atom stereocenters. The van der Waals surface area contributed by atoms with E-state index in [1.54, 1.807) is 48.5 Å². The Bertz CT molecular complexity index is 714. The zero-order valence-electron chi connectivity index (χ0n) is 11.8. The van der Waals surface area contributed by atoms with Crippen LogP contribution in [-0.2, 0) is 16.6 Å². The fourth-order valence-corrected chi connectivity index (χ4v) is 2.99. The summed E-state index contributed by atoms with van der Waals surface area (Å²) in [4.78, 5) is 0. The predicted molar refractivity (Wildman–Crippen MR) is 85.5 cm³/mol. The molecule has 0 aliphatic rings. The first-order chi connectivity index (χ1) is 9.91. The summed E-state index contributed by atoms with van der Waals surface area (Å²) in [5, 5.41) is 0.613. The van der Waals surface area contributed by atoms with Gasteiger partial charge in [-0.3, -0.25) is 4.31 Å². The molecule has 0 aliphatic carbocycles. The summed E-state index contributed by atoms with van der Waals surface area (Å²) in [7, 11) is -1.92. The highest BCUT2D eigenvalue weighted by Gasteiger charge is 2.21. The molecule has 6 heteroatoms. The molecule has 0 aromatic heterocycles. The van der Waals surface area contributed by atoms with Crippen LogP contribution in [0.4, 0.5) is 5.69 Å². The first-order valence-electron chi connectivity index (χ1n) is 6.27. The van der Waals surface area contributed by atoms with Gasteiger partial charge in [-0.25, -0.2) is 8.42 Å². The lowest BCUT2D eigenvalue weighted by Crippen LogP contribution is -2.29. The monoisotopic (exact) mass is 325 g/mol. The van der Waals surface area contributed by atoms with Crippen LogP contribution < -0.4 is 9.04 Å². The van der Waals surface area contributed by atoms with Crippen molar-refractivity contribution < 1.29 is 13.2 Å². The molecule has 112 valence electrons. The average molecular weight is 326 g/mol. The maximum atomic E-state index is 12.1. The maximum Gasteiger partial charge on any atom is 0.232 e. The van der Waals surface area contributed by atoms with E-state index < -0.39 is 10.0 Å². The summed E-state index contributed by atoms with van der Waals surface area (Å²) in [6, 6.07) is 14.1. The first-order valence-corrected chi connectivity index (χ1v) is 8.49. The topological polar surface area (TPSA) is 46.6 Å². The number of sulfonamides is 1. The summed E-state index contributed by atoms with van der Waals surface area (Å²) >= 11 is 5.85. The normalized spacial score (nSPS) is 11.2. The van der Waals surface area contributed by atoms with Gasteiger partial charge in [-0.15, -0.1) is 0 Å². The van der Waals surface area contributed by atoms with E-state index in [2.05, 4.69) is 0 Å². The largest absolute Gasteiger partial charge is 0.495 e. The van der Waals surface area contributed by atoms with Crippen molar-refractivity contribution in [2.45, 2.75) is 6.54 Å². The Morgan fingerprint density at radius 2 is 1.71 bits per heavy atom. The van der Waals surface area contributed by atoms with Crippen molar-refractivity contribution >= 4 is 27.3 Å². The quantitative estimate of drug-likeness (QED) is 0.847. The lowest BCUT2D eigenvalue weighted by Gasteiger charge is -2.24. The Labute approximate surface area is 130 Å².